The van der Waals surface area contributed by atoms with E-state index in [1.165, 1.54) is 0 Å². The average Bonchev–Trinajstić information content (AvgIpc) is 2.13. The highest BCUT2D eigenvalue weighted by molar-refractivity contribution is 5.73. The molecule has 0 heterocycles. The third-order valence-electron chi connectivity index (χ3n) is 2.42. The first-order valence-electron chi connectivity index (χ1n) is 4.95. The number of carboxylic acids is 1. The van der Waals surface area contributed by atoms with Crippen LogP contribution >= 0.6 is 0 Å². The largest absolute Gasteiger partial charge is 0.480 e. The molecule has 0 spiro atoms. The zero-order valence-corrected chi connectivity index (χ0v) is 9.40. The normalized spacial score (nSPS) is 12.8. The summed E-state index contributed by atoms with van der Waals surface area (Å²) in [5.74, 6) is -0.776. The van der Waals surface area contributed by atoms with Crippen molar-refractivity contribution < 1.29 is 9.90 Å². The Morgan fingerprint density at radius 2 is 2.13 bits per heavy atom. The molecule has 0 aliphatic rings. The maximum Gasteiger partial charge on any atom is 0.321 e. The number of rotatable bonds is 4. The molecule has 0 unspecified atom stereocenters. The van der Waals surface area contributed by atoms with Crippen molar-refractivity contribution in [3.05, 3.63) is 35.4 Å². The van der Waals surface area contributed by atoms with E-state index in [1.54, 1.807) is 19.0 Å². The van der Waals surface area contributed by atoms with E-state index < -0.39 is 12.0 Å². The molecule has 0 amide bonds. The maximum absolute atomic E-state index is 11.0. The molecule has 0 radical (unpaired) electrons. The second-order valence-electron chi connectivity index (χ2n) is 4.01. The standard InChI is InChI=1S/C12H17NO2/c1-9-5-4-6-10(7-9)8-11(12(14)15)13(2)3/h4-7,11H,8H2,1-3H3,(H,14,15)/t11-/m0/s1. The summed E-state index contributed by atoms with van der Waals surface area (Å²) >= 11 is 0. The van der Waals surface area contributed by atoms with Crippen molar-refractivity contribution in [2.45, 2.75) is 19.4 Å². The number of likely N-dealkylation sites (N-methyl/N-ethyl adjacent to an activating group) is 1. The lowest BCUT2D eigenvalue weighted by Gasteiger charge is -2.20. The molecule has 0 fully saturated rings. The minimum absolute atomic E-state index is 0.452. The van der Waals surface area contributed by atoms with Crippen LogP contribution in [0.1, 0.15) is 11.1 Å². The monoisotopic (exact) mass is 207 g/mol. The van der Waals surface area contributed by atoms with Gasteiger partial charge >= 0.3 is 5.97 Å². The van der Waals surface area contributed by atoms with Crippen molar-refractivity contribution in [3.8, 4) is 0 Å². The quantitative estimate of drug-likeness (QED) is 0.814. The first kappa shape index (κ1) is 11.7. The molecule has 1 aromatic rings. The third kappa shape index (κ3) is 3.36. The fourth-order valence-electron chi connectivity index (χ4n) is 1.55. The van der Waals surface area contributed by atoms with Gasteiger partial charge in [0.2, 0.25) is 0 Å². The maximum atomic E-state index is 11.0. The molecule has 15 heavy (non-hydrogen) atoms. The van der Waals surface area contributed by atoms with Crippen LogP contribution in [0.4, 0.5) is 0 Å². The van der Waals surface area contributed by atoms with Crippen LogP contribution in [-0.4, -0.2) is 36.1 Å². The number of aryl methyl sites for hydroxylation is 1. The number of benzene rings is 1. The SMILES string of the molecule is Cc1cccc(C[C@@H](C(=O)O)N(C)C)c1. The number of aliphatic carboxylic acids is 1. The number of carboxylic acid groups (broad SMARTS) is 1. The Bertz CT molecular complexity index is 347. The van der Waals surface area contributed by atoms with E-state index in [9.17, 15) is 4.79 Å². The smallest absolute Gasteiger partial charge is 0.321 e. The third-order valence-corrected chi connectivity index (χ3v) is 2.42. The van der Waals surface area contributed by atoms with Crippen LogP contribution in [0.2, 0.25) is 0 Å². The Kier molecular flexibility index (Phi) is 3.86. The van der Waals surface area contributed by atoms with Gasteiger partial charge in [0.05, 0.1) is 0 Å². The van der Waals surface area contributed by atoms with Crippen LogP contribution in [0.3, 0.4) is 0 Å². The van der Waals surface area contributed by atoms with E-state index in [0.29, 0.717) is 6.42 Å². The Morgan fingerprint density at radius 1 is 1.47 bits per heavy atom. The molecule has 0 aliphatic carbocycles. The molecular weight excluding hydrogens is 190 g/mol. The number of carbonyl (C=O) groups is 1. The van der Waals surface area contributed by atoms with E-state index in [-0.39, 0.29) is 0 Å². The summed E-state index contributed by atoms with van der Waals surface area (Å²) in [4.78, 5) is 12.7. The highest BCUT2D eigenvalue weighted by Gasteiger charge is 2.19. The van der Waals surface area contributed by atoms with Gasteiger partial charge < -0.3 is 5.11 Å². The molecular formula is C12H17NO2. The molecule has 1 rings (SSSR count). The van der Waals surface area contributed by atoms with Crippen LogP contribution in [0.25, 0.3) is 0 Å². The van der Waals surface area contributed by atoms with Crippen molar-refractivity contribution >= 4 is 5.97 Å². The summed E-state index contributed by atoms with van der Waals surface area (Å²) in [5, 5.41) is 9.03. The molecule has 3 heteroatoms. The zero-order chi connectivity index (χ0) is 11.4. The van der Waals surface area contributed by atoms with Crippen LogP contribution in [0.5, 0.6) is 0 Å². The lowest BCUT2D eigenvalue weighted by atomic mass is 10.0. The van der Waals surface area contributed by atoms with Gasteiger partial charge in [0, 0.05) is 0 Å². The highest BCUT2D eigenvalue weighted by atomic mass is 16.4. The zero-order valence-electron chi connectivity index (χ0n) is 9.40. The lowest BCUT2D eigenvalue weighted by Crippen LogP contribution is -2.37. The Hall–Kier alpha value is -1.35. The summed E-state index contributed by atoms with van der Waals surface area (Å²) in [6, 6.07) is 7.51. The molecule has 0 bridgehead atoms. The molecule has 1 N–H and O–H groups in total. The summed E-state index contributed by atoms with van der Waals surface area (Å²) in [7, 11) is 3.57. The second kappa shape index (κ2) is 4.94. The van der Waals surface area contributed by atoms with E-state index in [1.807, 2.05) is 31.2 Å². The van der Waals surface area contributed by atoms with Crippen molar-refractivity contribution in [2.24, 2.45) is 0 Å². The first-order chi connectivity index (χ1) is 7.00. The summed E-state index contributed by atoms with van der Waals surface area (Å²) in [5.41, 5.74) is 2.23. The van der Waals surface area contributed by atoms with Crippen LogP contribution in [0.15, 0.2) is 24.3 Å². The van der Waals surface area contributed by atoms with Crippen molar-refractivity contribution in [1.29, 1.82) is 0 Å². The van der Waals surface area contributed by atoms with Crippen molar-refractivity contribution in [1.82, 2.24) is 4.90 Å². The number of hydrogen-bond donors (Lipinski definition) is 1. The molecule has 1 atom stereocenters. The second-order valence-corrected chi connectivity index (χ2v) is 4.01. The van der Waals surface area contributed by atoms with E-state index in [0.717, 1.165) is 11.1 Å². The summed E-state index contributed by atoms with van der Waals surface area (Å²) < 4.78 is 0. The molecule has 3 nitrogen and oxygen atoms in total. The molecule has 0 aromatic heterocycles. The van der Waals surface area contributed by atoms with Gasteiger partial charge in [0.15, 0.2) is 0 Å². The summed E-state index contributed by atoms with van der Waals surface area (Å²) in [6.07, 6.45) is 0.546. The van der Waals surface area contributed by atoms with Gasteiger partial charge in [-0.2, -0.15) is 0 Å². The molecule has 0 saturated carbocycles. The number of hydrogen-bond acceptors (Lipinski definition) is 2. The van der Waals surface area contributed by atoms with Crippen molar-refractivity contribution in [3.63, 3.8) is 0 Å². The van der Waals surface area contributed by atoms with Crippen LogP contribution in [-0.2, 0) is 11.2 Å². The van der Waals surface area contributed by atoms with Gasteiger partial charge in [0.25, 0.3) is 0 Å². The molecule has 1 aromatic carbocycles. The van der Waals surface area contributed by atoms with Gasteiger partial charge in [-0.25, -0.2) is 0 Å². The average molecular weight is 207 g/mol. The number of nitrogens with zero attached hydrogens (tertiary/aromatic N) is 1. The summed E-state index contributed by atoms with van der Waals surface area (Å²) in [6.45, 7) is 2.01. The predicted molar refractivity (Wildman–Crippen MR) is 60.0 cm³/mol. The lowest BCUT2D eigenvalue weighted by molar-refractivity contribution is -0.142. The van der Waals surface area contributed by atoms with Crippen LogP contribution < -0.4 is 0 Å². The van der Waals surface area contributed by atoms with Gasteiger partial charge in [0.1, 0.15) is 6.04 Å². The van der Waals surface area contributed by atoms with E-state index in [4.69, 9.17) is 5.11 Å². The fourth-order valence-corrected chi connectivity index (χ4v) is 1.55. The van der Waals surface area contributed by atoms with Gasteiger partial charge in [-0.3, -0.25) is 9.69 Å². The highest BCUT2D eigenvalue weighted by Crippen LogP contribution is 2.09. The van der Waals surface area contributed by atoms with E-state index >= 15 is 0 Å². The molecule has 0 aliphatic heterocycles. The van der Waals surface area contributed by atoms with Gasteiger partial charge in [-0.15, -0.1) is 0 Å². The minimum Gasteiger partial charge on any atom is -0.480 e. The predicted octanol–water partition coefficient (Wildman–Crippen LogP) is 1.55. The Morgan fingerprint density at radius 3 is 2.60 bits per heavy atom. The topological polar surface area (TPSA) is 40.5 Å². The van der Waals surface area contributed by atoms with Crippen molar-refractivity contribution in [2.75, 3.05) is 14.1 Å². The van der Waals surface area contributed by atoms with Crippen LogP contribution in [0, 0.1) is 6.92 Å². The fraction of sp³-hybridized carbons (Fsp3) is 0.417. The first-order valence-corrected chi connectivity index (χ1v) is 4.95. The van der Waals surface area contributed by atoms with Gasteiger partial charge in [-0.05, 0) is 33.0 Å². The van der Waals surface area contributed by atoms with E-state index in [2.05, 4.69) is 0 Å². The Labute approximate surface area is 90.3 Å². The molecule has 82 valence electrons. The molecule has 0 saturated heterocycles. The Balaban J connectivity index is 2.79. The minimum atomic E-state index is -0.776. The van der Waals surface area contributed by atoms with Gasteiger partial charge in [-0.1, -0.05) is 29.8 Å².